The van der Waals surface area contributed by atoms with Crippen LogP contribution in [0.3, 0.4) is 0 Å². The van der Waals surface area contributed by atoms with Gasteiger partial charge in [-0.3, -0.25) is 9.35 Å². The van der Waals surface area contributed by atoms with Crippen LogP contribution in [0.25, 0.3) is 11.1 Å². The molecule has 0 spiro atoms. The van der Waals surface area contributed by atoms with Gasteiger partial charge in [-0.2, -0.15) is 8.42 Å². The van der Waals surface area contributed by atoms with Crippen LogP contribution in [0.15, 0.2) is 94.3 Å². The molecular formula is C36H37FN2O7S. The second-order valence-electron chi connectivity index (χ2n) is 11.1. The van der Waals surface area contributed by atoms with E-state index in [1.807, 2.05) is 38.1 Å². The van der Waals surface area contributed by atoms with E-state index in [0.717, 1.165) is 50.6 Å². The summed E-state index contributed by atoms with van der Waals surface area (Å²) in [6, 6.07) is 24.6. The molecule has 3 N–H and O–H groups in total. The molecule has 5 aromatic rings. The maximum Gasteiger partial charge on any atom is 0.303 e. The molecule has 0 atom stereocenters. The van der Waals surface area contributed by atoms with Crippen molar-refractivity contribution in [3.63, 3.8) is 0 Å². The van der Waals surface area contributed by atoms with Crippen molar-refractivity contribution in [2.75, 3.05) is 5.32 Å². The van der Waals surface area contributed by atoms with Gasteiger partial charge in [0.25, 0.3) is 10.1 Å². The highest BCUT2D eigenvalue weighted by Crippen LogP contribution is 2.32. The topological polar surface area (TPSA) is 139 Å². The Labute approximate surface area is 273 Å². The fourth-order valence-corrected chi connectivity index (χ4v) is 5.56. The third-order valence-electron chi connectivity index (χ3n) is 7.49. The summed E-state index contributed by atoms with van der Waals surface area (Å²) >= 11 is 0. The van der Waals surface area contributed by atoms with Crippen LogP contribution in [0.2, 0.25) is 0 Å². The lowest BCUT2D eigenvalue weighted by molar-refractivity contribution is -0.136. The second-order valence-corrected chi connectivity index (χ2v) is 12.5. The summed E-state index contributed by atoms with van der Waals surface area (Å²) in [5.74, 6) is 0.226. The van der Waals surface area contributed by atoms with Gasteiger partial charge in [0.05, 0.1) is 16.2 Å². The van der Waals surface area contributed by atoms with Gasteiger partial charge in [0.15, 0.2) is 0 Å². The molecule has 0 saturated heterocycles. The largest absolute Gasteiger partial charge is 0.489 e. The van der Waals surface area contributed by atoms with Crippen molar-refractivity contribution in [2.24, 2.45) is 0 Å². The zero-order valence-electron chi connectivity index (χ0n) is 26.6. The highest BCUT2D eigenvalue weighted by Gasteiger charge is 2.13. The zero-order valence-corrected chi connectivity index (χ0v) is 27.4. The molecule has 0 bridgehead atoms. The predicted molar refractivity (Wildman–Crippen MR) is 178 cm³/mol. The van der Waals surface area contributed by atoms with Crippen molar-refractivity contribution in [2.45, 2.75) is 58.6 Å². The highest BCUT2D eigenvalue weighted by atomic mass is 32.2. The molecule has 9 nitrogen and oxygen atoms in total. The number of nitrogens with one attached hydrogen (secondary N) is 1. The fourth-order valence-electron chi connectivity index (χ4n) is 5.06. The third kappa shape index (κ3) is 9.74. The summed E-state index contributed by atoms with van der Waals surface area (Å²) < 4.78 is 54.9. The molecule has 5 rings (SSSR count). The average Bonchev–Trinajstić information content (AvgIpc) is 3.35. The van der Waals surface area contributed by atoms with Crippen LogP contribution in [-0.2, 0) is 34.5 Å². The minimum absolute atomic E-state index is 0.0741. The molecule has 1 aromatic heterocycles. The first kappa shape index (κ1) is 34.9. The highest BCUT2D eigenvalue weighted by molar-refractivity contribution is 7.85. The molecule has 0 aliphatic carbocycles. The van der Waals surface area contributed by atoms with E-state index < -0.39 is 21.9 Å². The molecule has 0 unspecified atom stereocenters. The van der Waals surface area contributed by atoms with Crippen molar-refractivity contribution in [1.82, 2.24) is 5.16 Å². The summed E-state index contributed by atoms with van der Waals surface area (Å²) in [5, 5.41) is 16.1. The number of benzene rings is 4. The molecule has 0 amide bonds. The van der Waals surface area contributed by atoms with E-state index in [9.17, 15) is 17.6 Å². The summed E-state index contributed by atoms with van der Waals surface area (Å²) in [6.45, 7) is 8.87. The van der Waals surface area contributed by atoms with Crippen LogP contribution in [-0.4, -0.2) is 29.2 Å². The number of aliphatic carboxylic acids is 1. The van der Waals surface area contributed by atoms with Crippen LogP contribution in [0, 0.1) is 33.5 Å². The smallest absolute Gasteiger partial charge is 0.303 e. The molecule has 0 fully saturated rings. The number of halogens is 1. The Morgan fingerprint density at radius 3 is 2.21 bits per heavy atom. The Morgan fingerprint density at radius 1 is 0.936 bits per heavy atom. The van der Waals surface area contributed by atoms with E-state index in [2.05, 4.69) is 36.5 Å². The summed E-state index contributed by atoms with van der Waals surface area (Å²) in [4.78, 5) is 10.7. The minimum atomic E-state index is -4.00. The third-order valence-corrected chi connectivity index (χ3v) is 8.35. The molecule has 0 radical (unpaired) electrons. The Kier molecular flexibility index (Phi) is 11.5. The van der Waals surface area contributed by atoms with Crippen molar-refractivity contribution >= 4 is 21.8 Å². The number of aryl methyl sites for hydroxylation is 5. The quantitative estimate of drug-likeness (QED) is 0.121. The van der Waals surface area contributed by atoms with Gasteiger partial charge in [0.2, 0.25) is 0 Å². The van der Waals surface area contributed by atoms with Crippen molar-refractivity contribution in [1.29, 1.82) is 0 Å². The first-order chi connectivity index (χ1) is 22.3. The van der Waals surface area contributed by atoms with Gasteiger partial charge in [0, 0.05) is 18.7 Å². The zero-order chi connectivity index (χ0) is 34.1. The van der Waals surface area contributed by atoms with Crippen LogP contribution in [0.5, 0.6) is 5.75 Å². The van der Waals surface area contributed by atoms with Gasteiger partial charge < -0.3 is 19.7 Å². The molecule has 1 heterocycles. The number of nitrogens with zero attached hydrogens (tertiary/aromatic N) is 1. The number of aromatic nitrogens is 1. The molecule has 0 saturated carbocycles. The Bertz CT molecular complexity index is 1920. The van der Waals surface area contributed by atoms with E-state index >= 15 is 0 Å². The molecule has 246 valence electrons. The molecular weight excluding hydrogens is 623 g/mol. The lowest BCUT2D eigenvalue weighted by atomic mass is 9.94. The minimum Gasteiger partial charge on any atom is -0.489 e. The summed E-state index contributed by atoms with van der Waals surface area (Å²) in [5.41, 5.74) is 8.39. The number of carbonyl (C=O) groups is 1. The van der Waals surface area contributed by atoms with E-state index in [1.165, 1.54) is 18.2 Å². The fraction of sp³-hybridized carbons (Fsp3) is 0.222. The molecule has 4 aromatic carbocycles. The van der Waals surface area contributed by atoms with Crippen molar-refractivity contribution in [3.05, 3.63) is 130 Å². The molecule has 0 aliphatic rings. The lowest BCUT2D eigenvalue weighted by Gasteiger charge is -2.15. The maximum absolute atomic E-state index is 14.4. The number of hydrogen-bond acceptors (Lipinski definition) is 7. The molecule has 0 aliphatic heterocycles. The number of hydrogen-bond donors (Lipinski definition) is 3. The summed E-state index contributed by atoms with van der Waals surface area (Å²) in [7, 11) is -4.00. The number of anilines is 1. The summed E-state index contributed by atoms with van der Waals surface area (Å²) in [6.07, 6.45) is 0.0788. The monoisotopic (exact) mass is 660 g/mol. The van der Waals surface area contributed by atoms with E-state index in [0.29, 0.717) is 24.4 Å². The van der Waals surface area contributed by atoms with Crippen LogP contribution in [0.4, 0.5) is 10.1 Å². The second kappa shape index (κ2) is 15.5. The maximum atomic E-state index is 14.4. The lowest BCUT2D eigenvalue weighted by Crippen LogP contribution is -2.03. The first-order valence-corrected chi connectivity index (χ1v) is 16.3. The number of carboxylic acids is 1. The standard InChI is InChI=1S/C30H31FN2O4.C6H6O3S/c1-18-12-26(36-17-27-20(3)33-37-21(27)4)13-19(2)30(18)24-7-5-6-22(14-24)16-32-25-10-8-23(28(31)15-25)9-11-29(34)35;7-10(8,9)6-4-2-1-3-5-6/h5-8,10,12-15,32H,9,11,16-17H2,1-4H3,(H,34,35);1-5H,(H,7,8,9). The van der Waals surface area contributed by atoms with Crippen LogP contribution >= 0.6 is 0 Å². The van der Waals surface area contributed by atoms with Gasteiger partial charge in [-0.15, -0.1) is 0 Å². The van der Waals surface area contributed by atoms with Crippen LogP contribution in [0.1, 0.15) is 45.7 Å². The predicted octanol–water partition coefficient (Wildman–Crippen LogP) is 7.86. The SMILES string of the molecule is Cc1cc(OCc2c(C)noc2C)cc(C)c1-c1cccc(CNc2ccc(CCC(=O)O)c(F)c2)c1.O=S(=O)(O)c1ccccc1. The van der Waals surface area contributed by atoms with E-state index in [1.54, 1.807) is 30.3 Å². The van der Waals surface area contributed by atoms with Gasteiger partial charge in [-0.1, -0.05) is 47.6 Å². The number of ether oxygens (including phenoxy) is 1. The number of rotatable bonds is 11. The Morgan fingerprint density at radius 2 is 1.64 bits per heavy atom. The van der Waals surface area contributed by atoms with Crippen LogP contribution < -0.4 is 10.1 Å². The van der Waals surface area contributed by atoms with Gasteiger partial charge in [0.1, 0.15) is 23.9 Å². The first-order valence-electron chi connectivity index (χ1n) is 14.8. The van der Waals surface area contributed by atoms with Gasteiger partial charge >= 0.3 is 5.97 Å². The van der Waals surface area contributed by atoms with E-state index in [4.69, 9.17) is 18.9 Å². The van der Waals surface area contributed by atoms with Gasteiger partial charge in [-0.25, -0.2) is 4.39 Å². The normalized spacial score (nSPS) is 11.0. The number of carboxylic acid groups (broad SMARTS) is 1. The van der Waals surface area contributed by atoms with Crippen molar-refractivity contribution < 1.29 is 36.5 Å². The van der Waals surface area contributed by atoms with Gasteiger partial charge in [-0.05, 0) is 110 Å². The van der Waals surface area contributed by atoms with E-state index in [-0.39, 0.29) is 17.7 Å². The molecule has 11 heteroatoms. The Hall–Kier alpha value is -5.00. The molecule has 47 heavy (non-hydrogen) atoms. The van der Waals surface area contributed by atoms with Crippen molar-refractivity contribution in [3.8, 4) is 16.9 Å². The Balaban J connectivity index is 0.000000427. The average molecular weight is 661 g/mol.